The summed E-state index contributed by atoms with van der Waals surface area (Å²) in [5.74, 6) is 0.747. The molecule has 1 aliphatic rings. The van der Waals surface area contributed by atoms with Gasteiger partial charge in [-0.25, -0.2) is 0 Å². The van der Waals surface area contributed by atoms with Gasteiger partial charge in [0.1, 0.15) is 40.2 Å². The van der Waals surface area contributed by atoms with Gasteiger partial charge in [-0.2, -0.15) is 0 Å². The fourth-order valence-electron chi connectivity index (χ4n) is 10.6. The van der Waals surface area contributed by atoms with Crippen LogP contribution in [0.25, 0.3) is 0 Å². The number of aryl methyl sites for hydroxylation is 4. The molecule has 0 saturated carbocycles. The predicted molar refractivity (Wildman–Crippen MR) is 307 cm³/mol. The highest BCUT2D eigenvalue weighted by Crippen LogP contribution is 2.47. The topological polar surface area (TPSA) is 182 Å². The number of benzene rings is 7. The van der Waals surface area contributed by atoms with Crippen LogP contribution in [0.15, 0.2) is 169 Å². The molecule has 0 spiro atoms. The van der Waals surface area contributed by atoms with E-state index in [1.54, 1.807) is 43.3 Å². The van der Waals surface area contributed by atoms with Gasteiger partial charge < -0.3 is 46.0 Å². The van der Waals surface area contributed by atoms with Crippen LogP contribution in [0.4, 0.5) is 0 Å². The van der Waals surface area contributed by atoms with E-state index in [1.165, 1.54) is 0 Å². The molecule has 0 aromatic heterocycles. The summed E-state index contributed by atoms with van der Waals surface area (Å²) >= 11 is 0. The van der Waals surface area contributed by atoms with E-state index < -0.39 is 11.5 Å². The third kappa shape index (κ3) is 12.2. The Morgan fingerprint density at radius 3 is 1.18 bits per heavy atom. The second-order valence-corrected chi connectivity index (χ2v) is 21.3. The largest absolute Gasteiger partial charge is 0.515 e. The van der Waals surface area contributed by atoms with Gasteiger partial charge in [-0.05, 0) is 177 Å². The van der Waals surface area contributed by atoms with Crippen molar-refractivity contribution in [1.29, 1.82) is 0 Å². The summed E-state index contributed by atoms with van der Waals surface area (Å²) in [5.41, 5.74) is 13.3. The molecule has 0 amide bonds. The van der Waals surface area contributed by atoms with Crippen molar-refractivity contribution in [3.05, 3.63) is 264 Å². The molecule has 7 aromatic carbocycles. The van der Waals surface area contributed by atoms with Crippen molar-refractivity contribution < 1.29 is 46.0 Å². The van der Waals surface area contributed by atoms with Crippen molar-refractivity contribution in [1.82, 2.24) is 0 Å². The Hall–Kier alpha value is -8.40. The van der Waals surface area contributed by atoms with Gasteiger partial charge in [0.25, 0.3) is 0 Å². The quantitative estimate of drug-likeness (QED) is 0.0244. The fraction of sp³-hybridized carbons (Fsp3) is 0.235. The first-order chi connectivity index (χ1) is 36.6. The number of aliphatic hydroxyl groups is 2. The minimum atomic E-state index is -1.16. The monoisotopic (exact) mass is 1030 g/mol. The number of hydrogen-bond acceptors (Lipinski definition) is 9. The summed E-state index contributed by atoms with van der Waals surface area (Å²) in [7, 11) is 0. The van der Waals surface area contributed by atoms with Crippen molar-refractivity contribution in [3.8, 4) is 40.2 Å². The lowest BCUT2D eigenvalue weighted by molar-refractivity contribution is 0.183. The molecule has 9 nitrogen and oxygen atoms in total. The smallest absolute Gasteiger partial charge is 0.122 e. The summed E-state index contributed by atoms with van der Waals surface area (Å²) in [5, 5.41) is 101. The maximum absolute atomic E-state index is 12.5. The van der Waals surface area contributed by atoms with Gasteiger partial charge in [-0.15, -0.1) is 0 Å². The molecule has 0 bridgehead atoms. The molecule has 0 heterocycles. The molecule has 1 aliphatic carbocycles. The Morgan fingerprint density at radius 2 is 0.857 bits per heavy atom. The molecule has 77 heavy (non-hydrogen) atoms. The number of aliphatic hydroxyl groups excluding tert-OH is 2. The van der Waals surface area contributed by atoms with E-state index >= 15 is 0 Å². The minimum absolute atomic E-state index is 0.0693. The molecule has 8 rings (SSSR count). The Morgan fingerprint density at radius 1 is 0.519 bits per heavy atom. The molecule has 0 radical (unpaired) electrons. The average molecular weight is 1030 g/mol. The van der Waals surface area contributed by atoms with Gasteiger partial charge in [0.2, 0.25) is 0 Å². The first kappa shape index (κ1) is 54.8. The van der Waals surface area contributed by atoms with Crippen LogP contribution in [0.5, 0.6) is 40.2 Å². The van der Waals surface area contributed by atoms with Crippen molar-refractivity contribution in [2.24, 2.45) is 5.92 Å². The molecule has 0 saturated heterocycles. The highest BCUT2D eigenvalue weighted by Gasteiger charge is 2.36. The zero-order valence-corrected chi connectivity index (χ0v) is 45.0. The van der Waals surface area contributed by atoms with Crippen LogP contribution in [-0.4, -0.2) is 52.1 Å². The van der Waals surface area contributed by atoms with Crippen LogP contribution in [-0.2, 0) is 43.9 Å². The number of aromatic hydroxyl groups is 7. The number of allylic oxidation sites excluding steroid dienone is 6. The lowest BCUT2D eigenvalue weighted by atomic mass is 9.68. The third-order valence-corrected chi connectivity index (χ3v) is 15.3. The zero-order chi connectivity index (χ0) is 55.5. The van der Waals surface area contributed by atoms with Gasteiger partial charge >= 0.3 is 0 Å². The van der Waals surface area contributed by atoms with Crippen molar-refractivity contribution in [2.75, 3.05) is 0 Å². The van der Waals surface area contributed by atoms with E-state index in [9.17, 15) is 46.0 Å². The van der Waals surface area contributed by atoms with Crippen LogP contribution in [0, 0.1) is 33.6 Å². The highest BCUT2D eigenvalue weighted by molar-refractivity contribution is 5.63. The van der Waals surface area contributed by atoms with Crippen LogP contribution in [0.1, 0.15) is 115 Å². The molecular weight excluding hydrogens is 961 g/mol. The Kier molecular flexibility index (Phi) is 16.3. The van der Waals surface area contributed by atoms with E-state index in [0.717, 1.165) is 56.4 Å². The summed E-state index contributed by atoms with van der Waals surface area (Å²) < 4.78 is 0. The minimum Gasteiger partial charge on any atom is -0.515 e. The van der Waals surface area contributed by atoms with Crippen molar-refractivity contribution in [2.45, 2.75) is 98.5 Å². The van der Waals surface area contributed by atoms with Crippen molar-refractivity contribution >= 4 is 0 Å². The molecular formula is C68H70O9. The fourth-order valence-corrected chi connectivity index (χ4v) is 10.6. The van der Waals surface area contributed by atoms with E-state index in [0.29, 0.717) is 86.9 Å². The maximum Gasteiger partial charge on any atom is 0.122 e. The predicted octanol–water partition coefficient (Wildman–Crippen LogP) is 13.7. The standard InChI is InChI=1S/C68H70O9/c1-9-45(20-39(2)38-69)26-51-32-57(33-52(65(51)75)27-46-10-15-60(70)40(3)21-46)68(8,58-34-53(28-47-11-16-61(71)41(4)22-47)66(76)54(35-58)29-48-12-17-62(72)42(5)23-48)59-36-55(30-49-13-18-63(73)43(6)24-49)67(77)56(37-59)31-50-14-19-64(74)44(7)25-50/h9-25,32-38,41,61,69-77H,1,26-31H2,2-8H3/b39-38+,45-20+. The normalized spacial score (nSPS) is 15.6. The van der Waals surface area contributed by atoms with E-state index in [4.69, 9.17) is 0 Å². The summed E-state index contributed by atoms with van der Waals surface area (Å²) in [6.07, 6.45) is 11.3. The lowest BCUT2D eigenvalue weighted by Gasteiger charge is -2.35. The molecule has 3 atom stereocenters. The Balaban J connectivity index is 1.48. The number of phenolic OH excluding ortho intramolecular Hbond substituents is 7. The molecule has 9 N–H and O–H groups in total. The average Bonchev–Trinajstić information content (AvgIpc) is 3.52. The molecule has 7 aromatic rings. The van der Waals surface area contributed by atoms with Gasteiger partial charge in [-0.1, -0.05) is 129 Å². The van der Waals surface area contributed by atoms with Gasteiger partial charge in [0, 0.05) is 49.9 Å². The van der Waals surface area contributed by atoms with Crippen LogP contribution in [0.2, 0.25) is 0 Å². The van der Waals surface area contributed by atoms with Gasteiger partial charge in [0.05, 0.1) is 12.4 Å². The molecule has 3 unspecified atom stereocenters. The van der Waals surface area contributed by atoms with E-state index in [-0.39, 0.29) is 59.0 Å². The van der Waals surface area contributed by atoms with Gasteiger partial charge in [-0.3, -0.25) is 0 Å². The molecule has 9 heteroatoms. The van der Waals surface area contributed by atoms with Crippen molar-refractivity contribution in [3.63, 3.8) is 0 Å². The van der Waals surface area contributed by atoms with E-state index in [1.807, 2.05) is 138 Å². The highest BCUT2D eigenvalue weighted by atomic mass is 16.3. The molecule has 396 valence electrons. The lowest BCUT2D eigenvalue weighted by Crippen LogP contribution is -2.27. The zero-order valence-electron chi connectivity index (χ0n) is 45.0. The first-order valence-electron chi connectivity index (χ1n) is 26.0. The number of hydrogen-bond donors (Lipinski definition) is 9. The molecule has 0 fully saturated rings. The second-order valence-electron chi connectivity index (χ2n) is 21.3. The van der Waals surface area contributed by atoms with Crippen LogP contribution < -0.4 is 0 Å². The first-order valence-corrected chi connectivity index (χ1v) is 26.0. The third-order valence-electron chi connectivity index (χ3n) is 15.3. The second kappa shape index (κ2) is 22.8. The number of rotatable bonds is 17. The maximum atomic E-state index is 12.5. The van der Waals surface area contributed by atoms with Crippen LogP contribution in [0.3, 0.4) is 0 Å². The summed E-state index contributed by atoms with van der Waals surface area (Å²) in [6, 6.07) is 33.7. The van der Waals surface area contributed by atoms with Gasteiger partial charge in [0.15, 0.2) is 0 Å². The number of phenols is 7. The molecule has 0 aliphatic heterocycles. The summed E-state index contributed by atoms with van der Waals surface area (Å²) in [6.45, 7) is 17.3. The SMILES string of the molecule is C=C/C(=C\C(C)=C\O)Cc1cc(C(C)(c2cc(CC3=CC(C)C(O)C=C3)c(O)c(Cc3ccc(O)c(C)c3)c2)c2cc(Cc3ccc(O)c(C)c3)c(O)c(Cc3ccc(O)c(C)c3)c2)cc(Cc2ccc(O)c(C)c2)c1O. The Labute approximate surface area is 452 Å². The van der Waals surface area contributed by atoms with Crippen LogP contribution >= 0.6 is 0 Å². The Bertz CT molecular complexity index is 3460. The summed E-state index contributed by atoms with van der Waals surface area (Å²) in [4.78, 5) is 0. The van der Waals surface area contributed by atoms with E-state index in [2.05, 4.69) is 13.5 Å².